The molecule has 1 aliphatic rings. The Morgan fingerprint density at radius 2 is 1.82 bits per heavy atom. The van der Waals surface area contributed by atoms with Crippen LogP contribution < -0.4 is 16.0 Å². The molecule has 0 atom stereocenters. The molecule has 0 spiro atoms. The quantitative estimate of drug-likeness (QED) is 0.224. The highest BCUT2D eigenvalue weighted by molar-refractivity contribution is 14.0. The Kier molecular flexibility index (Phi) is 9.32. The normalized spacial score (nSPS) is 13.4. The van der Waals surface area contributed by atoms with Gasteiger partial charge in [-0.25, -0.2) is 9.78 Å². The van der Waals surface area contributed by atoms with E-state index in [-0.39, 0.29) is 30.0 Å². The largest absolute Gasteiger partial charge is 0.444 e. The van der Waals surface area contributed by atoms with Crippen molar-refractivity contribution >= 4 is 41.7 Å². The van der Waals surface area contributed by atoms with Gasteiger partial charge in [0.05, 0.1) is 12.2 Å². The average Bonchev–Trinajstić information content (AvgIpc) is 3.53. The molecule has 0 aliphatic carbocycles. The lowest BCUT2D eigenvalue weighted by molar-refractivity contribution is 0.222. The molecule has 4 rings (SSSR count). The van der Waals surface area contributed by atoms with Crippen molar-refractivity contribution in [2.75, 3.05) is 25.5 Å². The Balaban J connectivity index is 0.00000324. The van der Waals surface area contributed by atoms with Gasteiger partial charge in [0.15, 0.2) is 5.96 Å². The molecule has 3 aromatic rings. The Morgan fingerprint density at radius 3 is 2.56 bits per heavy atom. The second-order valence-electron chi connectivity index (χ2n) is 8.11. The van der Waals surface area contributed by atoms with Crippen LogP contribution in [-0.2, 0) is 13.1 Å². The number of anilines is 1. The number of oxazole rings is 1. The van der Waals surface area contributed by atoms with Crippen LogP contribution in [0.4, 0.5) is 10.5 Å². The second kappa shape index (κ2) is 12.4. The molecule has 0 saturated carbocycles. The Morgan fingerprint density at radius 1 is 1.09 bits per heavy atom. The maximum atomic E-state index is 12.3. The number of hydrogen-bond donors (Lipinski definition) is 3. The molecule has 2 aromatic carbocycles. The Labute approximate surface area is 217 Å². The number of nitrogens with one attached hydrogen (secondary N) is 3. The number of guanidine groups is 1. The maximum absolute atomic E-state index is 12.3. The topological polar surface area (TPSA) is 94.8 Å². The minimum absolute atomic E-state index is 0. The molecule has 1 aliphatic heterocycles. The second-order valence-corrected chi connectivity index (χ2v) is 8.11. The number of likely N-dealkylation sites (tertiary alicyclic amines) is 1. The summed E-state index contributed by atoms with van der Waals surface area (Å²) in [4.78, 5) is 23.0. The monoisotopic (exact) mass is 574 g/mol. The number of amides is 2. The van der Waals surface area contributed by atoms with Crippen LogP contribution in [0.25, 0.3) is 11.5 Å². The number of hydrogen-bond acceptors (Lipinski definition) is 4. The van der Waals surface area contributed by atoms with Gasteiger partial charge in [-0.2, -0.15) is 0 Å². The first kappa shape index (κ1) is 25.5. The van der Waals surface area contributed by atoms with Gasteiger partial charge in [-0.1, -0.05) is 29.8 Å². The predicted octanol–water partition coefficient (Wildman–Crippen LogP) is 4.76. The number of carbonyl (C=O) groups excluding carboxylic acids is 1. The van der Waals surface area contributed by atoms with Crippen molar-refractivity contribution in [2.24, 2.45) is 4.99 Å². The molecular weight excluding hydrogens is 543 g/mol. The van der Waals surface area contributed by atoms with Crippen LogP contribution in [0.5, 0.6) is 0 Å². The summed E-state index contributed by atoms with van der Waals surface area (Å²) in [5.41, 5.74) is 4.77. The molecule has 2 amide bonds. The fourth-order valence-electron chi connectivity index (χ4n) is 3.68. The molecule has 180 valence electrons. The van der Waals surface area contributed by atoms with E-state index in [1.54, 1.807) is 13.3 Å². The SMILES string of the molecule is CN=C(NCc1cccc(NC(=O)N2CCCC2)c1)NCc1coc(-c2ccc(C)cc2)n1.I. The number of rotatable bonds is 6. The number of benzene rings is 2. The number of carbonyl (C=O) groups is 1. The summed E-state index contributed by atoms with van der Waals surface area (Å²) in [7, 11) is 1.72. The minimum Gasteiger partial charge on any atom is -0.444 e. The highest BCUT2D eigenvalue weighted by Gasteiger charge is 2.17. The van der Waals surface area contributed by atoms with E-state index in [9.17, 15) is 4.79 Å². The first-order valence-electron chi connectivity index (χ1n) is 11.2. The molecule has 9 heteroatoms. The van der Waals surface area contributed by atoms with Crippen molar-refractivity contribution in [3.05, 3.63) is 71.6 Å². The third-order valence-electron chi connectivity index (χ3n) is 5.54. The fourth-order valence-corrected chi connectivity index (χ4v) is 3.68. The summed E-state index contributed by atoms with van der Waals surface area (Å²) in [6, 6.07) is 15.9. The third kappa shape index (κ3) is 6.96. The van der Waals surface area contributed by atoms with Crippen LogP contribution in [0.1, 0.15) is 29.7 Å². The Hall–Kier alpha value is -3.08. The van der Waals surface area contributed by atoms with E-state index in [0.29, 0.717) is 24.9 Å². The van der Waals surface area contributed by atoms with Gasteiger partial charge in [-0.05, 0) is 49.6 Å². The highest BCUT2D eigenvalue weighted by atomic mass is 127. The van der Waals surface area contributed by atoms with Crippen molar-refractivity contribution in [1.82, 2.24) is 20.5 Å². The summed E-state index contributed by atoms with van der Waals surface area (Å²) in [6.45, 7) is 4.76. The van der Waals surface area contributed by atoms with Gasteiger partial charge >= 0.3 is 6.03 Å². The van der Waals surface area contributed by atoms with E-state index in [2.05, 4.69) is 25.9 Å². The first-order chi connectivity index (χ1) is 16.1. The van der Waals surface area contributed by atoms with Crippen LogP contribution in [0.15, 0.2) is 64.2 Å². The van der Waals surface area contributed by atoms with Crippen LogP contribution in [-0.4, -0.2) is 42.0 Å². The van der Waals surface area contributed by atoms with Gasteiger partial charge < -0.3 is 25.3 Å². The van der Waals surface area contributed by atoms with Crippen molar-refractivity contribution in [3.63, 3.8) is 0 Å². The predicted molar refractivity (Wildman–Crippen MR) is 145 cm³/mol. The first-order valence-corrected chi connectivity index (χ1v) is 11.2. The lowest BCUT2D eigenvalue weighted by Crippen LogP contribution is -2.36. The van der Waals surface area contributed by atoms with Crippen molar-refractivity contribution in [2.45, 2.75) is 32.9 Å². The molecule has 2 heterocycles. The summed E-state index contributed by atoms with van der Waals surface area (Å²) in [5, 5.41) is 9.53. The van der Waals surface area contributed by atoms with Crippen LogP contribution in [0.2, 0.25) is 0 Å². The van der Waals surface area contributed by atoms with Gasteiger partial charge in [0.2, 0.25) is 5.89 Å². The van der Waals surface area contributed by atoms with E-state index >= 15 is 0 Å². The molecule has 8 nitrogen and oxygen atoms in total. The molecule has 0 unspecified atom stereocenters. The van der Waals surface area contributed by atoms with Crippen molar-refractivity contribution in [3.8, 4) is 11.5 Å². The number of nitrogens with zero attached hydrogens (tertiary/aromatic N) is 3. The van der Waals surface area contributed by atoms with Gasteiger partial charge in [0.1, 0.15) is 6.26 Å². The van der Waals surface area contributed by atoms with Gasteiger partial charge in [0, 0.05) is 37.9 Å². The maximum Gasteiger partial charge on any atom is 0.321 e. The molecule has 0 bridgehead atoms. The zero-order valence-electron chi connectivity index (χ0n) is 19.5. The minimum atomic E-state index is -0.0345. The van der Waals surface area contributed by atoms with Gasteiger partial charge in [-0.3, -0.25) is 4.99 Å². The van der Waals surface area contributed by atoms with E-state index < -0.39 is 0 Å². The highest BCUT2D eigenvalue weighted by Crippen LogP contribution is 2.19. The van der Waals surface area contributed by atoms with Gasteiger partial charge in [-0.15, -0.1) is 24.0 Å². The van der Waals surface area contributed by atoms with Crippen LogP contribution in [0.3, 0.4) is 0 Å². The lowest BCUT2D eigenvalue weighted by atomic mass is 10.1. The number of aliphatic imine (C=N–C) groups is 1. The van der Waals surface area contributed by atoms with Crippen molar-refractivity contribution in [1.29, 1.82) is 0 Å². The number of urea groups is 1. The van der Waals surface area contributed by atoms with E-state index in [4.69, 9.17) is 4.42 Å². The van der Waals surface area contributed by atoms with E-state index in [0.717, 1.165) is 48.4 Å². The summed E-state index contributed by atoms with van der Waals surface area (Å²) >= 11 is 0. The van der Waals surface area contributed by atoms with Crippen LogP contribution in [0, 0.1) is 6.92 Å². The van der Waals surface area contributed by atoms with Crippen LogP contribution >= 0.6 is 24.0 Å². The number of halogens is 1. The van der Waals surface area contributed by atoms with Gasteiger partial charge in [0.25, 0.3) is 0 Å². The smallest absolute Gasteiger partial charge is 0.321 e. The molecular formula is C25H31IN6O2. The molecule has 1 fully saturated rings. The van der Waals surface area contributed by atoms with E-state index in [1.807, 2.05) is 60.4 Å². The van der Waals surface area contributed by atoms with Crippen molar-refractivity contribution < 1.29 is 9.21 Å². The lowest BCUT2D eigenvalue weighted by Gasteiger charge is -2.17. The summed E-state index contributed by atoms with van der Waals surface area (Å²) in [5.74, 6) is 1.25. The summed E-state index contributed by atoms with van der Waals surface area (Å²) in [6.07, 6.45) is 3.80. The number of aryl methyl sites for hydroxylation is 1. The zero-order valence-corrected chi connectivity index (χ0v) is 21.8. The third-order valence-corrected chi connectivity index (χ3v) is 5.54. The Bertz CT molecular complexity index is 1110. The fraction of sp³-hybridized carbons (Fsp3) is 0.320. The molecule has 1 aromatic heterocycles. The molecule has 34 heavy (non-hydrogen) atoms. The summed E-state index contributed by atoms with van der Waals surface area (Å²) < 4.78 is 5.62. The molecule has 0 radical (unpaired) electrons. The molecule has 3 N–H and O–H groups in total. The van der Waals surface area contributed by atoms with E-state index in [1.165, 1.54) is 5.56 Å². The standard InChI is InChI=1S/C25H30N6O2.HI/c1-18-8-10-20(11-9-18)23-29-22(17-33-23)16-28-24(26-2)27-15-19-6-5-7-21(14-19)30-25(32)31-12-3-4-13-31;/h5-11,14,17H,3-4,12-13,15-16H2,1-2H3,(H,30,32)(H2,26,27,28);1H. The number of aromatic nitrogens is 1. The molecule has 1 saturated heterocycles. The zero-order chi connectivity index (χ0) is 23.0. The average molecular weight is 574 g/mol.